The van der Waals surface area contributed by atoms with Crippen molar-refractivity contribution in [1.29, 1.82) is 0 Å². The SMILES string of the molecule is CC[C@@H](O)/C=C/[C@@H](O)[C@H]1C[C@H](O)[C@@H](C/C=C\C/C=C\C/C=C\CCC(=O)O)O1. The molecule has 158 valence electrons. The first-order valence-electron chi connectivity index (χ1n) is 9.98. The minimum Gasteiger partial charge on any atom is -0.481 e. The Morgan fingerprint density at radius 2 is 1.71 bits per heavy atom. The zero-order valence-electron chi connectivity index (χ0n) is 16.6. The Bertz CT molecular complexity index is 551. The van der Waals surface area contributed by atoms with E-state index in [9.17, 15) is 20.1 Å². The van der Waals surface area contributed by atoms with Crippen molar-refractivity contribution >= 4 is 5.97 Å². The van der Waals surface area contributed by atoms with Crippen LogP contribution in [0.1, 0.15) is 51.9 Å². The lowest BCUT2D eigenvalue weighted by molar-refractivity contribution is -0.136. The number of hydrogen-bond donors (Lipinski definition) is 4. The van der Waals surface area contributed by atoms with E-state index in [0.29, 0.717) is 25.7 Å². The second-order valence-electron chi connectivity index (χ2n) is 6.92. The van der Waals surface area contributed by atoms with Gasteiger partial charge in [-0.15, -0.1) is 0 Å². The molecular formula is C22H34O6. The van der Waals surface area contributed by atoms with Crippen LogP contribution in [0.3, 0.4) is 0 Å². The molecule has 0 saturated carbocycles. The smallest absolute Gasteiger partial charge is 0.303 e. The molecule has 0 bridgehead atoms. The molecule has 0 spiro atoms. The lowest BCUT2D eigenvalue weighted by Crippen LogP contribution is -2.24. The van der Waals surface area contributed by atoms with Gasteiger partial charge in [-0.05, 0) is 32.1 Å². The van der Waals surface area contributed by atoms with E-state index in [1.54, 1.807) is 6.08 Å². The fourth-order valence-electron chi connectivity index (χ4n) is 2.79. The minimum atomic E-state index is -0.837. The second kappa shape index (κ2) is 14.3. The maximum absolute atomic E-state index is 10.4. The predicted molar refractivity (Wildman–Crippen MR) is 109 cm³/mol. The third-order valence-corrected chi connectivity index (χ3v) is 4.52. The van der Waals surface area contributed by atoms with E-state index in [2.05, 4.69) is 0 Å². The summed E-state index contributed by atoms with van der Waals surface area (Å²) in [4.78, 5) is 10.4. The standard InChI is InChI=1S/C22H34O6/c1-2-17(23)14-15-18(24)21-16-19(25)20(28-21)12-10-8-6-4-3-5-7-9-11-13-22(26)27/h3-4,7-10,14-15,17-21,23-25H,2,5-6,11-13,16H2,1H3,(H,26,27)/b4-3-,9-7-,10-8-,15-14+/t17-,18-,19+,20-,21-/m1/s1. The third-order valence-electron chi connectivity index (χ3n) is 4.52. The Kier molecular flexibility index (Phi) is 12.4. The van der Waals surface area contributed by atoms with Crippen molar-refractivity contribution < 1.29 is 30.0 Å². The van der Waals surface area contributed by atoms with Crippen LogP contribution in [0.25, 0.3) is 0 Å². The van der Waals surface area contributed by atoms with Crippen molar-refractivity contribution in [3.63, 3.8) is 0 Å². The van der Waals surface area contributed by atoms with Crippen LogP contribution < -0.4 is 0 Å². The average molecular weight is 395 g/mol. The number of hydrogen-bond acceptors (Lipinski definition) is 5. The summed E-state index contributed by atoms with van der Waals surface area (Å²) in [5.74, 6) is -0.783. The van der Waals surface area contributed by atoms with Gasteiger partial charge >= 0.3 is 5.97 Å². The van der Waals surface area contributed by atoms with Crippen molar-refractivity contribution in [2.24, 2.45) is 0 Å². The van der Waals surface area contributed by atoms with Gasteiger partial charge in [0.25, 0.3) is 0 Å². The van der Waals surface area contributed by atoms with Crippen molar-refractivity contribution in [2.45, 2.75) is 82.4 Å². The molecule has 6 heteroatoms. The van der Waals surface area contributed by atoms with Crippen molar-refractivity contribution in [2.75, 3.05) is 0 Å². The highest BCUT2D eigenvalue weighted by Gasteiger charge is 2.36. The number of aliphatic hydroxyl groups excluding tert-OH is 3. The number of rotatable bonds is 13. The minimum absolute atomic E-state index is 0.160. The highest BCUT2D eigenvalue weighted by atomic mass is 16.5. The average Bonchev–Trinajstić information content (AvgIpc) is 3.04. The van der Waals surface area contributed by atoms with E-state index >= 15 is 0 Å². The number of allylic oxidation sites excluding steroid dienone is 5. The summed E-state index contributed by atoms with van der Waals surface area (Å²) in [5, 5.41) is 38.2. The van der Waals surface area contributed by atoms with Gasteiger partial charge < -0.3 is 25.2 Å². The van der Waals surface area contributed by atoms with Crippen LogP contribution in [0.2, 0.25) is 0 Å². The van der Waals surface area contributed by atoms with E-state index in [1.807, 2.05) is 43.4 Å². The molecule has 0 aromatic carbocycles. The molecule has 6 nitrogen and oxygen atoms in total. The summed E-state index contributed by atoms with van der Waals surface area (Å²) >= 11 is 0. The molecule has 0 radical (unpaired) electrons. The third kappa shape index (κ3) is 10.6. The van der Waals surface area contributed by atoms with Crippen molar-refractivity contribution in [3.05, 3.63) is 48.6 Å². The van der Waals surface area contributed by atoms with Gasteiger partial charge in [0, 0.05) is 12.8 Å². The first-order chi connectivity index (χ1) is 13.4. The van der Waals surface area contributed by atoms with Gasteiger partial charge in [0.2, 0.25) is 0 Å². The molecule has 1 aliphatic rings. The van der Waals surface area contributed by atoms with Crippen LogP contribution in [0.4, 0.5) is 0 Å². The van der Waals surface area contributed by atoms with Crippen LogP contribution in [0, 0.1) is 0 Å². The highest BCUT2D eigenvalue weighted by molar-refractivity contribution is 5.66. The summed E-state index contributed by atoms with van der Waals surface area (Å²) in [6.07, 6.45) is 15.9. The van der Waals surface area contributed by atoms with Gasteiger partial charge in [0.1, 0.15) is 0 Å². The second-order valence-corrected chi connectivity index (χ2v) is 6.92. The topological polar surface area (TPSA) is 107 Å². The Morgan fingerprint density at radius 1 is 1.07 bits per heavy atom. The van der Waals surface area contributed by atoms with E-state index in [4.69, 9.17) is 9.84 Å². The molecular weight excluding hydrogens is 360 g/mol. The number of carboxylic acid groups (broad SMARTS) is 1. The predicted octanol–water partition coefficient (Wildman–Crippen LogP) is 2.90. The molecule has 28 heavy (non-hydrogen) atoms. The van der Waals surface area contributed by atoms with Crippen LogP contribution in [0.15, 0.2) is 48.6 Å². The maximum atomic E-state index is 10.4. The lowest BCUT2D eigenvalue weighted by Gasteiger charge is -2.16. The molecule has 1 saturated heterocycles. The van der Waals surface area contributed by atoms with Crippen molar-refractivity contribution in [3.8, 4) is 0 Å². The monoisotopic (exact) mass is 394 g/mol. The largest absolute Gasteiger partial charge is 0.481 e. The van der Waals surface area contributed by atoms with E-state index in [0.717, 1.165) is 12.8 Å². The molecule has 1 fully saturated rings. The quantitative estimate of drug-likeness (QED) is 0.358. The zero-order chi connectivity index (χ0) is 20.8. The Balaban J connectivity index is 2.23. The van der Waals surface area contributed by atoms with Crippen LogP contribution in [-0.2, 0) is 9.53 Å². The molecule has 0 unspecified atom stereocenters. The first-order valence-corrected chi connectivity index (χ1v) is 9.98. The Morgan fingerprint density at radius 3 is 2.36 bits per heavy atom. The number of carbonyl (C=O) groups is 1. The molecule has 1 rings (SSSR count). The number of carboxylic acids is 1. The van der Waals surface area contributed by atoms with E-state index < -0.39 is 30.4 Å². The van der Waals surface area contributed by atoms with Gasteiger partial charge in [-0.3, -0.25) is 4.79 Å². The van der Waals surface area contributed by atoms with E-state index in [-0.39, 0.29) is 12.5 Å². The zero-order valence-corrected chi connectivity index (χ0v) is 16.6. The molecule has 0 aliphatic carbocycles. The summed E-state index contributed by atoms with van der Waals surface area (Å²) in [6, 6.07) is 0. The molecule has 0 aromatic rings. The van der Waals surface area contributed by atoms with Gasteiger partial charge in [-0.2, -0.15) is 0 Å². The molecule has 1 aliphatic heterocycles. The molecule has 5 atom stereocenters. The molecule has 4 N–H and O–H groups in total. The van der Waals surface area contributed by atoms with Gasteiger partial charge in [-0.25, -0.2) is 0 Å². The molecule has 0 amide bonds. The molecule has 1 heterocycles. The van der Waals surface area contributed by atoms with Gasteiger partial charge in [-0.1, -0.05) is 55.5 Å². The highest BCUT2D eigenvalue weighted by Crippen LogP contribution is 2.26. The first kappa shape index (κ1) is 24.3. The Hall–Kier alpha value is -1.73. The Labute approximate surface area is 167 Å². The van der Waals surface area contributed by atoms with Crippen LogP contribution in [0.5, 0.6) is 0 Å². The normalized spacial score (nSPS) is 25.5. The number of ether oxygens (including phenoxy) is 1. The fourth-order valence-corrected chi connectivity index (χ4v) is 2.79. The van der Waals surface area contributed by atoms with Gasteiger partial charge in [0.05, 0.1) is 30.5 Å². The van der Waals surface area contributed by atoms with Crippen molar-refractivity contribution in [1.82, 2.24) is 0 Å². The van der Waals surface area contributed by atoms with E-state index in [1.165, 1.54) is 6.08 Å². The summed E-state index contributed by atoms with van der Waals surface area (Å²) in [5.41, 5.74) is 0. The lowest BCUT2D eigenvalue weighted by atomic mass is 10.0. The summed E-state index contributed by atoms with van der Waals surface area (Å²) in [6.45, 7) is 1.86. The maximum Gasteiger partial charge on any atom is 0.303 e. The van der Waals surface area contributed by atoms with Crippen LogP contribution >= 0.6 is 0 Å². The number of aliphatic carboxylic acids is 1. The van der Waals surface area contributed by atoms with Gasteiger partial charge in [0.15, 0.2) is 0 Å². The summed E-state index contributed by atoms with van der Waals surface area (Å²) < 4.78 is 5.75. The number of aliphatic hydroxyl groups is 3. The van der Waals surface area contributed by atoms with Crippen LogP contribution in [-0.4, -0.2) is 56.9 Å². The summed E-state index contributed by atoms with van der Waals surface area (Å²) in [7, 11) is 0. The molecule has 0 aromatic heterocycles. The fraction of sp³-hybridized carbons (Fsp3) is 0.591.